The number of nitrogen functional groups attached to an aromatic ring is 1. The van der Waals surface area contributed by atoms with Gasteiger partial charge in [0.2, 0.25) is 0 Å². The van der Waals surface area contributed by atoms with E-state index in [1.54, 1.807) is 12.1 Å². The highest BCUT2D eigenvalue weighted by Gasteiger charge is 2.10. The van der Waals surface area contributed by atoms with E-state index < -0.39 is 11.6 Å². The summed E-state index contributed by atoms with van der Waals surface area (Å²) in [6.07, 6.45) is 0. The average Bonchev–Trinajstić information content (AvgIpc) is 2.71. The number of imidazole rings is 1. The van der Waals surface area contributed by atoms with Crippen LogP contribution in [0.15, 0.2) is 30.3 Å². The third kappa shape index (κ3) is 2.13. The minimum atomic E-state index is -0.665. The lowest BCUT2D eigenvalue weighted by atomic mass is 10.2. The molecule has 0 saturated carbocycles. The summed E-state index contributed by atoms with van der Waals surface area (Å²) in [6, 6.07) is 6.41. The molecule has 0 unspecified atom stereocenters. The Kier molecular flexibility index (Phi) is 2.64. The SMILES string of the molecule is Nc1cc(Cl)cc2[nH]c(-c3cc(F)cc(F)c3)nc12. The lowest BCUT2D eigenvalue weighted by Crippen LogP contribution is -1.87. The van der Waals surface area contributed by atoms with Gasteiger partial charge < -0.3 is 10.7 Å². The lowest BCUT2D eigenvalue weighted by Gasteiger charge is -1.97. The van der Waals surface area contributed by atoms with Gasteiger partial charge in [-0.1, -0.05) is 11.6 Å². The Bertz CT molecular complexity index is 763. The molecule has 96 valence electrons. The molecule has 0 saturated heterocycles. The number of fused-ring (bicyclic) bond motifs is 1. The van der Waals surface area contributed by atoms with Crippen molar-refractivity contribution in [3.05, 3.63) is 47.0 Å². The van der Waals surface area contributed by atoms with Crippen molar-refractivity contribution < 1.29 is 8.78 Å². The molecule has 6 heteroatoms. The first-order valence-electron chi connectivity index (χ1n) is 5.44. The molecule has 3 nitrogen and oxygen atoms in total. The number of anilines is 1. The Morgan fingerprint density at radius 2 is 1.74 bits per heavy atom. The fourth-order valence-corrected chi connectivity index (χ4v) is 2.16. The number of aromatic amines is 1. The van der Waals surface area contributed by atoms with Crippen LogP contribution < -0.4 is 5.73 Å². The number of hydrogen-bond donors (Lipinski definition) is 2. The maximum Gasteiger partial charge on any atom is 0.138 e. The normalized spacial score (nSPS) is 11.1. The molecular weight excluding hydrogens is 272 g/mol. The van der Waals surface area contributed by atoms with Gasteiger partial charge in [0.1, 0.15) is 23.0 Å². The van der Waals surface area contributed by atoms with E-state index in [0.29, 0.717) is 33.1 Å². The molecule has 0 atom stereocenters. The first-order valence-corrected chi connectivity index (χ1v) is 5.82. The molecular formula is C13H8ClF2N3. The zero-order chi connectivity index (χ0) is 13.6. The second-order valence-corrected chi connectivity index (χ2v) is 4.57. The van der Waals surface area contributed by atoms with Gasteiger partial charge in [-0.05, 0) is 24.3 Å². The van der Waals surface area contributed by atoms with Crippen LogP contribution in [0.3, 0.4) is 0 Å². The summed E-state index contributed by atoms with van der Waals surface area (Å²) >= 11 is 5.88. The van der Waals surface area contributed by atoms with Crippen LogP contribution in [0.2, 0.25) is 5.02 Å². The minimum absolute atomic E-state index is 0.309. The number of hydrogen-bond acceptors (Lipinski definition) is 2. The van der Waals surface area contributed by atoms with E-state index in [0.717, 1.165) is 6.07 Å². The second-order valence-electron chi connectivity index (χ2n) is 4.13. The monoisotopic (exact) mass is 279 g/mol. The predicted octanol–water partition coefficient (Wildman–Crippen LogP) is 3.74. The number of H-pyrrole nitrogens is 1. The molecule has 1 heterocycles. The van der Waals surface area contributed by atoms with E-state index in [4.69, 9.17) is 17.3 Å². The van der Waals surface area contributed by atoms with Crippen LogP contribution in [-0.2, 0) is 0 Å². The molecule has 3 aromatic rings. The van der Waals surface area contributed by atoms with E-state index in [1.165, 1.54) is 12.1 Å². The van der Waals surface area contributed by atoms with Crippen LogP contribution in [0.25, 0.3) is 22.4 Å². The van der Waals surface area contributed by atoms with Crippen LogP contribution in [0.4, 0.5) is 14.5 Å². The highest BCUT2D eigenvalue weighted by molar-refractivity contribution is 6.31. The van der Waals surface area contributed by atoms with Crippen molar-refractivity contribution in [2.45, 2.75) is 0 Å². The molecule has 0 aliphatic carbocycles. The van der Waals surface area contributed by atoms with Crippen LogP contribution in [0.5, 0.6) is 0 Å². The van der Waals surface area contributed by atoms with Gasteiger partial charge in [0, 0.05) is 16.7 Å². The van der Waals surface area contributed by atoms with Gasteiger partial charge in [0.15, 0.2) is 0 Å². The van der Waals surface area contributed by atoms with Gasteiger partial charge in [-0.2, -0.15) is 0 Å². The molecule has 3 rings (SSSR count). The highest BCUT2D eigenvalue weighted by atomic mass is 35.5. The minimum Gasteiger partial charge on any atom is -0.397 e. The first-order chi connectivity index (χ1) is 9.02. The largest absolute Gasteiger partial charge is 0.397 e. The van der Waals surface area contributed by atoms with Crippen molar-refractivity contribution in [3.8, 4) is 11.4 Å². The number of benzene rings is 2. The molecule has 0 spiro atoms. The average molecular weight is 280 g/mol. The number of nitrogens with two attached hydrogens (primary N) is 1. The van der Waals surface area contributed by atoms with Gasteiger partial charge in [-0.25, -0.2) is 13.8 Å². The van der Waals surface area contributed by atoms with Crippen molar-refractivity contribution in [1.82, 2.24) is 9.97 Å². The number of rotatable bonds is 1. The Hall–Kier alpha value is -2.14. The van der Waals surface area contributed by atoms with Crippen molar-refractivity contribution in [3.63, 3.8) is 0 Å². The van der Waals surface area contributed by atoms with Crippen molar-refractivity contribution in [1.29, 1.82) is 0 Å². The molecule has 0 aliphatic rings. The Morgan fingerprint density at radius 1 is 1.05 bits per heavy atom. The maximum atomic E-state index is 13.2. The Balaban J connectivity index is 2.23. The fourth-order valence-electron chi connectivity index (χ4n) is 1.93. The molecule has 3 N–H and O–H groups in total. The Morgan fingerprint density at radius 3 is 2.42 bits per heavy atom. The van der Waals surface area contributed by atoms with E-state index in [-0.39, 0.29) is 0 Å². The third-order valence-corrected chi connectivity index (χ3v) is 2.94. The number of halogens is 3. The van der Waals surface area contributed by atoms with Crippen LogP contribution in [0, 0.1) is 11.6 Å². The number of aromatic nitrogens is 2. The standard InChI is InChI=1S/C13H8ClF2N3/c14-7-3-10(17)12-11(4-7)18-13(19-12)6-1-8(15)5-9(16)2-6/h1-5H,17H2,(H,18,19). The van der Waals surface area contributed by atoms with Crippen LogP contribution >= 0.6 is 11.6 Å². The molecule has 0 radical (unpaired) electrons. The summed E-state index contributed by atoms with van der Waals surface area (Å²) < 4.78 is 26.4. The van der Waals surface area contributed by atoms with E-state index in [9.17, 15) is 8.78 Å². The summed E-state index contributed by atoms with van der Waals surface area (Å²) in [6.45, 7) is 0. The Labute approximate surface area is 112 Å². The summed E-state index contributed by atoms with van der Waals surface area (Å²) in [5.41, 5.74) is 7.64. The predicted molar refractivity (Wildman–Crippen MR) is 70.9 cm³/mol. The molecule has 0 fully saturated rings. The quantitative estimate of drug-likeness (QED) is 0.667. The summed E-state index contributed by atoms with van der Waals surface area (Å²) in [5, 5.41) is 0.464. The molecule has 1 aromatic heterocycles. The molecule has 2 aromatic carbocycles. The van der Waals surface area contributed by atoms with Gasteiger partial charge in [0.05, 0.1) is 11.2 Å². The maximum absolute atomic E-state index is 13.2. The lowest BCUT2D eigenvalue weighted by molar-refractivity contribution is 0.584. The zero-order valence-electron chi connectivity index (χ0n) is 9.55. The van der Waals surface area contributed by atoms with Crippen LogP contribution in [-0.4, -0.2) is 9.97 Å². The van der Waals surface area contributed by atoms with Gasteiger partial charge in [0.25, 0.3) is 0 Å². The van der Waals surface area contributed by atoms with E-state index in [1.807, 2.05) is 0 Å². The fraction of sp³-hybridized carbons (Fsp3) is 0. The molecule has 0 aliphatic heterocycles. The second kappa shape index (κ2) is 4.20. The van der Waals surface area contributed by atoms with Gasteiger partial charge >= 0.3 is 0 Å². The highest BCUT2D eigenvalue weighted by Crippen LogP contribution is 2.28. The smallest absolute Gasteiger partial charge is 0.138 e. The summed E-state index contributed by atoms with van der Waals surface area (Å²) in [4.78, 5) is 7.17. The summed E-state index contributed by atoms with van der Waals surface area (Å²) in [5.74, 6) is -0.995. The molecule has 0 amide bonds. The van der Waals surface area contributed by atoms with Crippen LogP contribution in [0.1, 0.15) is 0 Å². The zero-order valence-corrected chi connectivity index (χ0v) is 10.3. The third-order valence-electron chi connectivity index (χ3n) is 2.72. The number of nitrogens with one attached hydrogen (secondary N) is 1. The molecule has 19 heavy (non-hydrogen) atoms. The topological polar surface area (TPSA) is 54.7 Å². The van der Waals surface area contributed by atoms with E-state index >= 15 is 0 Å². The number of nitrogens with zero attached hydrogens (tertiary/aromatic N) is 1. The van der Waals surface area contributed by atoms with Gasteiger partial charge in [-0.3, -0.25) is 0 Å². The van der Waals surface area contributed by atoms with Crippen molar-refractivity contribution in [2.24, 2.45) is 0 Å². The molecule has 0 bridgehead atoms. The van der Waals surface area contributed by atoms with Gasteiger partial charge in [-0.15, -0.1) is 0 Å². The van der Waals surface area contributed by atoms with Crippen molar-refractivity contribution >= 4 is 28.3 Å². The van der Waals surface area contributed by atoms with Crippen molar-refractivity contribution in [2.75, 3.05) is 5.73 Å². The first kappa shape index (κ1) is 11.9. The van der Waals surface area contributed by atoms with E-state index in [2.05, 4.69) is 9.97 Å². The summed E-state index contributed by atoms with van der Waals surface area (Å²) in [7, 11) is 0.